The van der Waals surface area contributed by atoms with E-state index >= 15 is 0 Å². The van der Waals surface area contributed by atoms with Crippen molar-refractivity contribution in [2.75, 3.05) is 32.1 Å². The molecule has 2 fully saturated rings. The van der Waals surface area contributed by atoms with Crippen molar-refractivity contribution in [3.05, 3.63) is 53.5 Å². The molecule has 5 rings (SSSR count). The Balaban J connectivity index is 1.28. The molecule has 0 unspecified atom stereocenters. The van der Waals surface area contributed by atoms with Gasteiger partial charge in [0.1, 0.15) is 0 Å². The van der Waals surface area contributed by atoms with Gasteiger partial charge in [0, 0.05) is 50.3 Å². The Hall–Kier alpha value is -2.96. The highest BCUT2D eigenvalue weighted by atomic mass is 16.2. The van der Waals surface area contributed by atoms with Crippen LogP contribution in [-0.2, 0) is 0 Å². The fourth-order valence-electron chi connectivity index (χ4n) is 4.10. The second kappa shape index (κ2) is 7.13. The van der Waals surface area contributed by atoms with Crippen molar-refractivity contribution in [2.24, 2.45) is 0 Å². The quantitative estimate of drug-likeness (QED) is 0.685. The number of fused-ring (bicyclic) bond motifs is 1. The van der Waals surface area contributed by atoms with Crippen molar-refractivity contribution in [3.63, 3.8) is 0 Å². The summed E-state index contributed by atoms with van der Waals surface area (Å²) in [7, 11) is 4.00. The van der Waals surface area contributed by atoms with Crippen molar-refractivity contribution in [1.29, 1.82) is 0 Å². The van der Waals surface area contributed by atoms with Gasteiger partial charge in [-0.1, -0.05) is 0 Å². The van der Waals surface area contributed by atoms with Crippen LogP contribution in [0.3, 0.4) is 0 Å². The highest BCUT2D eigenvalue weighted by Gasteiger charge is 2.29. The topological polar surface area (TPSA) is 66.6 Å². The van der Waals surface area contributed by atoms with Gasteiger partial charge in [-0.2, -0.15) is 9.61 Å². The molecule has 1 amide bonds. The molecule has 1 saturated carbocycles. The molecule has 0 N–H and O–H groups in total. The van der Waals surface area contributed by atoms with Gasteiger partial charge in [-0.3, -0.25) is 4.79 Å². The van der Waals surface area contributed by atoms with Crippen LogP contribution in [0.5, 0.6) is 0 Å². The number of rotatable bonds is 4. The summed E-state index contributed by atoms with van der Waals surface area (Å²) < 4.78 is 1.93. The SMILES string of the molecule is CN(C)c1ccc(C(=O)N2CCC(c3nnc4ccc(C5CC5)nn34)CC2)cc1. The molecule has 0 atom stereocenters. The Morgan fingerprint density at radius 2 is 1.66 bits per heavy atom. The van der Waals surface area contributed by atoms with Gasteiger partial charge < -0.3 is 9.80 Å². The Morgan fingerprint density at radius 1 is 0.931 bits per heavy atom. The molecular weight excluding hydrogens is 364 g/mol. The van der Waals surface area contributed by atoms with Crippen LogP contribution in [0.2, 0.25) is 0 Å². The first kappa shape index (κ1) is 18.1. The molecule has 1 saturated heterocycles. The summed E-state index contributed by atoms with van der Waals surface area (Å²) in [5, 5.41) is 13.5. The predicted octanol–water partition coefficient (Wildman–Crippen LogP) is 3.09. The van der Waals surface area contributed by atoms with Crippen molar-refractivity contribution in [1.82, 2.24) is 24.7 Å². The van der Waals surface area contributed by atoms with Gasteiger partial charge in [-0.25, -0.2) is 0 Å². The lowest BCUT2D eigenvalue weighted by atomic mass is 9.95. The number of hydrogen-bond donors (Lipinski definition) is 0. The van der Waals surface area contributed by atoms with E-state index in [4.69, 9.17) is 5.10 Å². The number of nitrogens with zero attached hydrogens (tertiary/aromatic N) is 6. The summed E-state index contributed by atoms with van der Waals surface area (Å²) in [5.74, 6) is 1.93. The minimum atomic E-state index is 0.106. The number of aromatic nitrogens is 4. The number of anilines is 1. The highest BCUT2D eigenvalue weighted by Crippen LogP contribution is 2.39. The van der Waals surface area contributed by atoms with Crippen LogP contribution in [-0.4, -0.2) is 57.8 Å². The molecule has 7 nitrogen and oxygen atoms in total. The standard InChI is InChI=1S/C22H26N6O/c1-26(2)18-7-5-17(6-8-18)22(29)27-13-11-16(12-14-27)21-24-23-20-10-9-19(15-3-4-15)25-28(20)21/h5-10,15-16H,3-4,11-14H2,1-2H3. The minimum Gasteiger partial charge on any atom is -0.378 e. The van der Waals surface area contributed by atoms with Crippen LogP contribution < -0.4 is 4.90 Å². The fraction of sp³-hybridized carbons (Fsp3) is 0.455. The van der Waals surface area contributed by atoms with Gasteiger partial charge in [0.25, 0.3) is 5.91 Å². The summed E-state index contributed by atoms with van der Waals surface area (Å²) in [6, 6.07) is 11.9. The lowest BCUT2D eigenvalue weighted by molar-refractivity contribution is 0.0710. The maximum Gasteiger partial charge on any atom is 0.253 e. The molecule has 0 radical (unpaired) electrons. The van der Waals surface area contributed by atoms with Crippen LogP contribution in [0.1, 0.15) is 59.4 Å². The molecule has 2 aliphatic rings. The third-order valence-electron chi connectivity index (χ3n) is 6.08. The van der Waals surface area contributed by atoms with Gasteiger partial charge in [-0.05, 0) is 62.1 Å². The van der Waals surface area contributed by atoms with Crippen LogP contribution >= 0.6 is 0 Å². The number of benzene rings is 1. The van der Waals surface area contributed by atoms with E-state index in [2.05, 4.69) is 16.3 Å². The van der Waals surface area contributed by atoms with Crippen LogP contribution in [0.15, 0.2) is 36.4 Å². The number of hydrogen-bond acceptors (Lipinski definition) is 5. The first-order valence-corrected chi connectivity index (χ1v) is 10.4. The van der Waals surface area contributed by atoms with E-state index < -0.39 is 0 Å². The Labute approximate surface area is 170 Å². The third-order valence-corrected chi connectivity index (χ3v) is 6.08. The lowest BCUT2D eigenvalue weighted by Gasteiger charge is -2.31. The fourth-order valence-corrected chi connectivity index (χ4v) is 4.10. The van der Waals surface area contributed by atoms with E-state index in [1.807, 2.05) is 58.7 Å². The molecular formula is C22H26N6O. The van der Waals surface area contributed by atoms with Crippen molar-refractivity contribution in [2.45, 2.75) is 37.5 Å². The molecule has 3 heterocycles. The first-order chi connectivity index (χ1) is 14.1. The number of amides is 1. The third kappa shape index (κ3) is 3.45. The average molecular weight is 390 g/mol. The zero-order valence-corrected chi connectivity index (χ0v) is 17.0. The molecule has 0 bridgehead atoms. The van der Waals surface area contributed by atoms with Gasteiger partial charge in [0.2, 0.25) is 0 Å². The van der Waals surface area contributed by atoms with E-state index in [9.17, 15) is 4.79 Å². The molecule has 1 aliphatic heterocycles. The first-order valence-electron chi connectivity index (χ1n) is 10.4. The summed E-state index contributed by atoms with van der Waals surface area (Å²) in [6.45, 7) is 1.46. The van der Waals surface area contributed by atoms with E-state index in [1.54, 1.807) is 0 Å². The monoisotopic (exact) mass is 390 g/mol. The highest BCUT2D eigenvalue weighted by molar-refractivity contribution is 5.94. The maximum atomic E-state index is 12.9. The predicted molar refractivity (Wildman–Crippen MR) is 111 cm³/mol. The Kier molecular flexibility index (Phi) is 4.45. The molecule has 2 aromatic heterocycles. The normalized spacial score (nSPS) is 17.7. The summed E-state index contributed by atoms with van der Waals surface area (Å²) in [5.41, 5.74) is 3.80. The van der Waals surface area contributed by atoms with E-state index in [0.717, 1.165) is 54.3 Å². The molecule has 1 aliphatic carbocycles. The number of carbonyl (C=O) groups excluding carboxylic acids is 1. The number of piperidine rings is 1. The zero-order valence-electron chi connectivity index (χ0n) is 17.0. The van der Waals surface area contributed by atoms with Gasteiger partial charge in [-0.15, -0.1) is 10.2 Å². The van der Waals surface area contributed by atoms with Gasteiger partial charge in [0.05, 0.1) is 5.69 Å². The molecule has 1 aromatic carbocycles. The van der Waals surface area contributed by atoms with Crippen LogP contribution in [0.25, 0.3) is 5.65 Å². The van der Waals surface area contributed by atoms with E-state index in [1.165, 1.54) is 12.8 Å². The largest absolute Gasteiger partial charge is 0.378 e. The van der Waals surface area contributed by atoms with Crippen molar-refractivity contribution < 1.29 is 4.79 Å². The molecule has 7 heteroatoms. The molecule has 0 spiro atoms. The maximum absolute atomic E-state index is 12.9. The Bertz CT molecular complexity index is 1030. The molecule has 3 aromatic rings. The lowest BCUT2D eigenvalue weighted by Crippen LogP contribution is -2.38. The second-order valence-electron chi connectivity index (χ2n) is 8.37. The molecule has 29 heavy (non-hydrogen) atoms. The van der Waals surface area contributed by atoms with E-state index in [-0.39, 0.29) is 11.8 Å². The van der Waals surface area contributed by atoms with Crippen molar-refractivity contribution >= 4 is 17.2 Å². The Morgan fingerprint density at radius 3 is 2.31 bits per heavy atom. The van der Waals surface area contributed by atoms with Gasteiger partial charge in [0.15, 0.2) is 11.5 Å². The van der Waals surface area contributed by atoms with E-state index in [0.29, 0.717) is 5.92 Å². The van der Waals surface area contributed by atoms with Crippen LogP contribution in [0.4, 0.5) is 5.69 Å². The van der Waals surface area contributed by atoms with Crippen LogP contribution in [0, 0.1) is 0 Å². The summed E-state index contributed by atoms with van der Waals surface area (Å²) in [6.07, 6.45) is 4.23. The molecule has 150 valence electrons. The zero-order chi connectivity index (χ0) is 20.0. The summed E-state index contributed by atoms with van der Waals surface area (Å²) >= 11 is 0. The number of likely N-dealkylation sites (tertiary alicyclic amines) is 1. The smallest absolute Gasteiger partial charge is 0.253 e. The van der Waals surface area contributed by atoms with Crippen molar-refractivity contribution in [3.8, 4) is 0 Å². The van der Waals surface area contributed by atoms with Gasteiger partial charge >= 0.3 is 0 Å². The second-order valence-corrected chi connectivity index (χ2v) is 8.37. The number of carbonyl (C=O) groups is 1. The summed E-state index contributed by atoms with van der Waals surface area (Å²) in [4.78, 5) is 16.9. The average Bonchev–Trinajstić information content (AvgIpc) is 3.52. The minimum absolute atomic E-state index is 0.106.